The van der Waals surface area contributed by atoms with Gasteiger partial charge in [-0.3, -0.25) is 9.78 Å². The van der Waals surface area contributed by atoms with Gasteiger partial charge in [0, 0.05) is 18.3 Å². The predicted molar refractivity (Wildman–Crippen MR) is 77.5 cm³/mol. The van der Waals surface area contributed by atoms with Crippen LogP contribution in [0.5, 0.6) is 0 Å². The zero-order valence-electron chi connectivity index (χ0n) is 11.6. The molecule has 4 heteroatoms. The summed E-state index contributed by atoms with van der Waals surface area (Å²) in [5.41, 5.74) is 1.35. The highest BCUT2D eigenvalue weighted by Crippen LogP contribution is 2.33. The maximum absolute atomic E-state index is 12.3. The molecule has 2 unspecified atom stereocenters. The number of alkyl halides is 1. The van der Waals surface area contributed by atoms with Crippen molar-refractivity contribution >= 4 is 17.5 Å². The van der Waals surface area contributed by atoms with Gasteiger partial charge >= 0.3 is 0 Å². The zero-order valence-corrected chi connectivity index (χ0v) is 12.3. The van der Waals surface area contributed by atoms with Crippen LogP contribution in [0.4, 0.5) is 0 Å². The summed E-state index contributed by atoms with van der Waals surface area (Å²) in [6.45, 7) is 4.16. The second kappa shape index (κ2) is 5.91. The van der Waals surface area contributed by atoms with E-state index in [9.17, 15) is 4.79 Å². The van der Waals surface area contributed by atoms with Gasteiger partial charge in [-0.2, -0.15) is 0 Å². The maximum Gasteiger partial charge on any atom is 0.253 e. The van der Waals surface area contributed by atoms with Gasteiger partial charge in [0.15, 0.2) is 0 Å². The summed E-state index contributed by atoms with van der Waals surface area (Å²) in [4.78, 5) is 16.4. The average Bonchev–Trinajstić information content (AvgIpc) is 2.38. The topological polar surface area (TPSA) is 42.0 Å². The summed E-state index contributed by atoms with van der Waals surface area (Å²) in [5.74, 6) is 1.02. The van der Waals surface area contributed by atoms with Crippen molar-refractivity contribution < 1.29 is 4.79 Å². The van der Waals surface area contributed by atoms with Crippen molar-refractivity contribution in [2.45, 2.75) is 45.1 Å². The number of aryl methyl sites for hydroxylation is 1. The number of aromatic nitrogens is 1. The van der Waals surface area contributed by atoms with Crippen LogP contribution in [0.15, 0.2) is 18.5 Å². The van der Waals surface area contributed by atoms with Crippen molar-refractivity contribution in [1.29, 1.82) is 0 Å². The molecule has 0 radical (unpaired) electrons. The third-order valence-electron chi connectivity index (χ3n) is 3.86. The van der Waals surface area contributed by atoms with E-state index >= 15 is 0 Å². The van der Waals surface area contributed by atoms with Gasteiger partial charge in [0.2, 0.25) is 0 Å². The van der Waals surface area contributed by atoms with Crippen molar-refractivity contribution in [3.05, 3.63) is 29.6 Å². The summed E-state index contributed by atoms with van der Waals surface area (Å²) in [6, 6.07) is 1.86. The Kier molecular flexibility index (Phi) is 4.46. The molecule has 1 aromatic heterocycles. The van der Waals surface area contributed by atoms with E-state index in [2.05, 4.69) is 17.2 Å². The highest BCUT2D eigenvalue weighted by Gasteiger charge is 2.35. The van der Waals surface area contributed by atoms with Crippen LogP contribution in [0, 0.1) is 12.8 Å². The van der Waals surface area contributed by atoms with Crippen LogP contribution >= 0.6 is 11.6 Å². The van der Waals surface area contributed by atoms with Gasteiger partial charge in [0.25, 0.3) is 5.91 Å². The molecule has 0 saturated heterocycles. The van der Waals surface area contributed by atoms with Crippen molar-refractivity contribution in [3.8, 4) is 0 Å². The molecule has 0 aromatic carbocycles. The van der Waals surface area contributed by atoms with Gasteiger partial charge in [0.1, 0.15) is 0 Å². The molecule has 2 atom stereocenters. The van der Waals surface area contributed by atoms with E-state index in [0.717, 1.165) is 24.8 Å². The highest BCUT2D eigenvalue weighted by atomic mass is 35.5. The first-order valence-electron chi connectivity index (χ1n) is 6.85. The first-order chi connectivity index (χ1) is 9.04. The number of hydrogen-bond donors (Lipinski definition) is 1. The minimum absolute atomic E-state index is 0.0639. The molecular formula is C15H21ClN2O. The Hall–Kier alpha value is -1.09. The van der Waals surface area contributed by atoms with Crippen LogP contribution in [0.1, 0.15) is 48.5 Å². The minimum atomic E-state index is -0.250. The van der Waals surface area contributed by atoms with E-state index < -0.39 is 0 Å². The molecule has 19 heavy (non-hydrogen) atoms. The molecule has 1 aliphatic carbocycles. The quantitative estimate of drug-likeness (QED) is 0.863. The summed E-state index contributed by atoms with van der Waals surface area (Å²) in [5, 5.41) is 3.15. The summed E-state index contributed by atoms with van der Waals surface area (Å²) in [7, 11) is 0. The van der Waals surface area contributed by atoms with Gasteiger partial charge in [-0.15, -0.1) is 11.6 Å². The van der Waals surface area contributed by atoms with Gasteiger partial charge in [0.05, 0.1) is 11.1 Å². The van der Waals surface area contributed by atoms with Crippen molar-refractivity contribution in [1.82, 2.24) is 10.3 Å². The first-order valence-corrected chi connectivity index (χ1v) is 7.38. The molecule has 0 spiro atoms. The molecule has 1 amide bonds. The van der Waals surface area contributed by atoms with Gasteiger partial charge in [-0.05, 0) is 37.3 Å². The van der Waals surface area contributed by atoms with Crippen LogP contribution in [0.25, 0.3) is 0 Å². The fourth-order valence-corrected chi connectivity index (χ4v) is 3.23. The number of nitrogens with one attached hydrogen (secondary N) is 1. The predicted octanol–water partition coefficient (Wildman–Crippen LogP) is 3.31. The monoisotopic (exact) mass is 280 g/mol. The lowest BCUT2D eigenvalue weighted by Gasteiger charge is -2.39. The second-order valence-electron chi connectivity index (χ2n) is 5.82. The normalized spacial score (nSPS) is 27.0. The highest BCUT2D eigenvalue weighted by molar-refractivity contribution is 6.19. The van der Waals surface area contributed by atoms with Crippen LogP contribution in [-0.2, 0) is 0 Å². The van der Waals surface area contributed by atoms with Crippen LogP contribution in [-0.4, -0.2) is 22.3 Å². The lowest BCUT2D eigenvalue weighted by molar-refractivity contribution is 0.0867. The number of carbonyl (C=O) groups excluding carboxylic acids is 1. The molecule has 1 saturated carbocycles. The third-order valence-corrected chi connectivity index (χ3v) is 4.37. The molecule has 1 fully saturated rings. The smallest absolute Gasteiger partial charge is 0.253 e. The number of nitrogens with zero attached hydrogens (tertiary/aromatic N) is 1. The van der Waals surface area contributed by atoms with E-state index in [1.54, 1.807) is 12.4 Å². The Morgan fingerprint density at radius 1 is 1.58 bits per heavy atom. The molecule has 1 aromatic rings. The molecular weight excluding hydrogens is 260 g/mol. The lowest BCUT2D eigenvalue weighted by atomic mass is 9.77. The summed E-state index contributed by atoms with van der Waals surface area (Å²) in [6.07, 6.45) is 7.63. The number of hydrogen-bond acceptors (Lipinski definition) is 2. The second-order valence-corrected chi connectivity index (χ2v) is 6.09. The molecule has 0 aliphatic heterocycles. The molecule has 0 bridgehead atoms. The van der Waals surface area contributed by atoms with E-state index in [0.29, 0.717) is 17.4 Å². The summed E-state index contributed by atoms with van der Waals surface area (Å²) >= 11 is 6.13. The largest absolute Gasteiger partial charge is 0.345 e. The minimum Gasteiger partial charge on any atom is -0.345 e. The molecule has 1 N–H and O–H groups in total. The number of halogens is 1. The average molecular weight is 281 g/mol. The maximum atomic E-state index is 12.3. The number of carbonyl (C=O) groups is 1. The van der Waals surface area contributed by atoms with E-state index in [-0.39, 0.29) is 11.4 Å². The number of amides is 1. The lowest BCUT2D eigenvalue weighted by Crippen LogP contribution is -2.52. The molecule has 1 heterocycles. The zero-order chi connectivity index (χ0) is 13.9. The van der Waals surface area contributed by atoms with Crippen molar-refractivity contribution in [2.75, 3.05) is 5.88 Å². The Balaban J connectivity index is 2.12. The van der Waals surface area contributed by atoms with Crippen LogP contribution in [0.2, 0.25) is 0 Å². The molecule has 104 valence electrons. The molecule has 3 nitrogen and oxygen atoms in total. The van der Waals surface area contributed by atoms with E-state index in [1.165, 1.54) is 6.42 Å². The number of pyridine rings is 1. The molecule has 2 rings (SSSR count). The van der Waals surface area contributed by atoms with E-state index in [4.69, 9.17) is 11.6 Å². The first kappa shape index (κ1) is 14.3. The molecule has 1 aliphatic rings. The Bertz CT molecular complexity index is 463. The third kappa shape index (κ3) is 3.47. The van der Waals surface area contributed by atoms with Crippen LogP contribution < -0.4 is 5.32 Å². The van der Waals surface area contributed by atoms with E-state index in [1.807, 2.05) is 13.0 Å². The fraction of sp³-hybridized carbons (Fsp3) is 0.600. The SMILES string of the molecule is Cc1cncc(C(=O)NC2(CCl)CCCC(C)C2)c1. The Morgan fingerprint density at radius 2 is 2.37 bits per heavy atom. The standard InChI is InChI=1S/C15H21ClN2O/c1-11-4-3-5-15(7-11,10-16)18-14(19)13-6-12(2)8-17-9-13/h6,8-9,11H,3-5,7,10H2,1-2H3,(H,18,19). The number of rotatable bonds is 3. The Labute approximate surface area is 119 Å². The van der Waals surface area contributed by atoms with Gasteiger partial charge < -0.3 is 5.32 Å². The summed E-state index contributed by atoms with van der Waals surface area (Å²) < 4.78 is 0. The van der Waals surface area contributed by atoms with Crippen molar-refractivity contribution in [3.63, 3.8) is 0 Å². The Morgan fingerprint density at radius 3 is 3.00 bits per heavy atom. The van der Waals surface area contributed by atoms with Crippen LogP contribution in [0.3, 0.4) is 0 Å². The fourth-order valence-electron chi connectivity index (χ4n) is 2.92. The van der Waals surface area contributed by atoms with Crippen molar-refractivity contribution in [2.24, 2.45) is 5.92 Å². The van der Waals surface area contributed by atoms with Gasteiger partial charge in [-0.1, -0.05) is 19.8 Å². The van der Waals surface area contributed by atoms with Gasteiger partial charge in [-0.25, -0.2) is 0 Å².